The first-order valence-corrected chi connectivity index (χ1v) is 12.4. The maximum atomic E-state index is 15.2. The number of benzene rings is 1. The molecular weight excluding hydrogens is 503 g/mol. The van der Waals surface area contributed by atoms with Gasteiger partial charge in [-0.2, -0.15) is 0 Å². The molecule has 0 saturated carbocycles. The number of nitrogens with zero attached hydrogens (tertiary/aromatic N) is 4. The molecule has 0 bridgehead atoms. The average Bonchev–Trinajstić information content (AvgIpc) is 2.85. The molecule has 2 heterocycles. The Labute approximate surface area is 218 Å². The molecule has 1 aromatic carbocycles. The molecular formula is C25H33FN4O8. The molecule has 2 aromatic rings. The fourth-order valence-corrected chi connectivity index (χ4v) is 4.09. The second-order valence-electron chi connectivity index (χ2n) is 9.83. The Morgan fingerprint density at radius 3 is 2.37 bits per heavy atom. The summed E-state index contributed by atoms with van der Waals surface area (Å²) in [6, 6.07) is 2.72. The monoisotopic (exact) mass is 536 g/mol. The molecule has 12 nitrogen and oxygen atoms in total. The van der Waals surface area contributed by atoms with Crippen LogP contribution in [0.5, 0.6) is 0 Å². The van der Waals surface area contributed by atoms with E-state index in [1.807, 2.05) is 11.8 Å². The zero-order valence-electron chi connectivity index (χ0n) is 22.0. The predicted molar refractivity (Wildman–Crippen MR) is 136 cm³/mol. The third-order valence-electron chi connectivity index (χ3n) is 5.95. The molecule has 1 amide bonds. The van der Waals surface area contributed by atoms with E-state index in [-0.39, 0.29) is 24.2 Å². The van der Waals surface area contributed by atoms with Gasteiger partial charge in [-0.25, -0.2) is 14.0 Å². The molecule has 0 unspecified atom stereocenters. The molecule has 0 radical (unpaired) electrons. The van der Waals surface area contributed by atoms with Gasteiger partial charge in [0.05, 0.1) is 24.4 Å². The Morgan fingerprint density at radius 2 is 1.76 bits per heavy atom. The third kappa shape index (κ3) is 7.11. The maximum Gasteiger partial charge on any atom is 0.410 e. The number of anilines is 1. The number of hydrogen-bond acceptors (Lipinski definition) is 9. The van der Waals surface area contributed by atoms with Crippen LogP contribution in [0.2, 0.25) is 0 Å². The summed E-state index contributed by atoms with van der Waals surface area (Å²) >= 11 is 0. The number of fused-ring (bicyclic) bond motifs is 1. The quantitative estimate of drug-likeness (QED) is 0.205. The minimum Gasteiger partial charge on any atom is -0.462 e. The molecule has 1 fully saturated rings. The molecule has 0 aliphatic carbocycles. The number of unbranched alkanes of at least 4 members (excludes halogenated alkanes) is 1. The number of esters is 1. The van der Waals surface area contributed by atoms with Gasteiger partial charge in [-0.05, 0) is 52.7 Å². The molecule has 0 N–H and O–H groups in total. The molecule has 0 spiro atoms. The van der Waals surface area contributed by atoms with Crippen LogP contribution in [-0.4, -0.2) is 71.6 Å². The largest absolute Gasteiger partial charge is 0.462 e. The van der Waals surface area contributed by atoms with Crippen molar-refractivity contribution >= 4 is 28.7 Å². The summed E-state index contributed by atoms with van der Waals surface area (Å²) in [6.45, 7) is 8.93. The van der Waals surface area contributed by atoms with E-state index < -0.39 is 34.0 Å². The number of halogens is 1. The average molecular weight is 537 g/mol. The highest BCUT2D eigenvalue weighted by Crippen LogP contribution is 2.27. The van der Waals surface area contributed by atoms with Crippen molar-refractivity contribution in [3.05, 3.63) is 50.0 Å². The first-order chi connectivity index (χ1) is 17.9. The van der Waals surface area contributed by atoms with Gasteiger partial charge in [-0.15, -0.1) is 10.1 Å². The van der Waals surface area contributed by atoms with Gasteiger partial charge in [0.25, 0.3) is 5.09 Å². The van der Waals surface area contributed by atoms with Gasteiger partial charge < -0.3 is 28.7 Å². The van der Waals surface area contributed by atoms with E-state index in [2.05, 4.69) is 4.84 Å². The zero-order chi connectivity index (χ0) is 28.0. The number of carbonyl (C=O) groups is 2. The number of pyridine rings is 1. The molecule has 0 atom stereocenters. The number of aryl methyl sites for hydroxylation is 1. The van der Waals surface area contributed by atoms with Crippen molar-refractivity contribution in [2.24, 2.45) is 0 Å². The summed E-state index contributed by atoms with van der Waals surface area (Å²) in [6.07, 6.45) is 1.59. The second-order valence-corrected chi connectivity index (χ2v) is 9.83. The van der Waals surface area contributed by atoms with Crippen molar-refractivity contribution in [1.29, 1.82) is 0 Å². The summed E-state index contributed by atoms with van der Waals surface area (Å²) in [5.74, 6) is -1.46. The first kappa shape index (κ1) is 28.7. The van der Waals surface area contributed by atoms with Crippen molar-refractivity contribution < 1.29 is 33.4 Å². The number of ether oxygens (including phenoxy) is 2. The molecule has 1 aromatic heterocycles. The van der Waals surface area contributed by atoms with Crippen molar-refractivity contribution in [3.8, 4) is 0 Å². The van der Waals surface area contributed by atoms with Crippen molar-refractivity contribution in [1.82, 2.24) is 9.47 Å². The highest BCUT2D eigenvalue weighted by Gasteiger charge is 2.27. The Hall–Kier alpha value is -3.90. The lowest BCUT2D eigenvalue weighted by Crippen LogP contribution is -2.50. The number of hydrogen-bond donors (Lipinski definition) is 0. The van der Waals surface area contributed by atoms with E-state index >= 15 is 4.39 Å². The van der Waals surface area contributed by atoms with Gasteiger partial charge in [-0.1, -0.05) is 0 Å². The van der Waals surface area contributed by atoms with E-state index in [0.717, 1.165) is 6.07 Å². The minimum atomic E-state index is -0.900. The zero-order valence-corrected chi connectivity index (χ0v) is 22.0. The minimum absolute atomic E-state index is 0.0495. The van der Waals surface area contributed by atoms with Crippen LogP contribution in [0.3, 0.4) is 0 Å². The smallest absolute Gasteiger partial charge is 0.410 e. The fraction of sp³-hybridized carbons (Fsp3) is 0.560. The van der Waals surface area contributed by atoms with Crippen LogP contribution in [0.15, 0.2) is 23.1 Å². The van der Waals surface area contributed by atoms with Gasteiger partial charge >= 0.3 is 12.1 Å². The summed E-state index contributed by atoms with van der Waals surface area (Å²) < 4.78 is 27.5. The lowest BCUT2D eigenvalue weighted by Gasteiger charge is -2.37. The van der Waals surface area contributed by atoms with Crippen molar-refractivity contribution in [2.75, 3.05) is 44.3 Å². The van der Waals surface area contributed by atoms with Crippen molar-refractivity contribution in [2.45, 2.75) is 52.7 Å². The van der Waals surface area contributed by atoms with Crippen LogP contribution in [0.25, 0.3) is 10.9 Å². The highest BCUT2D eigenvalue weighted by atomic mass is 19.1. The topological polar surface area (TPSA) is 133 Å². The molecule has 1 aliphatic rings. The van der Waals surface area contributed by atoms with Crippen LogP contribution >= 0.6 is 0 Å². The van der Waals surface area contributed by atoms with Crippen LogP contribution in [-0.2, 0) is 20.9 Å². The number of carbonyl (C=O) groups excluding carboxylic acids is 2. The number of aromatic nitrogens is 1. The Balaban J connectivity index is 1.75. The summed E-state index contributed by atoms with van der Waals surface area (Å²) in [5.41, 5.74) is -0.709. The van der Waals surface area contributed by atoms with Crippen LogP contribution in [0.1, 0.15) is 50.9 Å². The van der Waals surface area contributed by atoms with E-state index in [1.165, 1.54) is 6.20 Å². The van der Waals surface area contributed by atoms with Crippen LogP contribution < -0.4 is 10.3 Å². The van der Waals surface area contributed by atoms with Gasteiger partial charge in [0.1, 0.15) is 17.0 Å². The Morgan fingerprint density at radius 1 is 1.11 bits per heavy atom. The maximum absolute atomic E-state index is 15.2. The highest BCUT2D eigenvalue weighted by molar-refractivity contribution is 5.94. The standard InChI is InChI=1S/C25H33FN4O8/c1-5-27-16-18(23(32)36-12-6-7-13-37-30(34)35)22(31)17-14-19(26)21(15-20(17)27)28-8-10-29(11-9-28)24(33)38-25(2,3)4/h14-16H,5-13H2,1-4H3. The van der Waals surface area contributed by atoms with Gasteiger partial charge in [0.15, 0.2) is 0 Å². The first-order valence-electron chi connectivity index (χ1n) is 12.4. The number of rotatable bonds is 9. The predicted octanol–water partition coefficient (Wildman–Crippen LogP) is 3.36. The second kappa shape index (κ2) is 12.1. The molecule has 1 aliphatic heterocycles. The fourth-order valence-electron chi connectivity index (χ4n) is 4.09. The van der Waals surface area contributed by atoms with E-state index in [4.69, 9.17) is 9.47 Å². The SMILES string of the molecule is CCn1cc(C(=O)OCCCCO[N+](=O)[O-])c(=O)c2cc(F)c(N3CCN(C(=O)OC(C)(C)C)CC3)cc21. The summed E-state index contributed by atoms with van der Waals surface area (Å²) in [4.78, 5) is 55.7. The van der Waals surface area contributed by atoms with Gasteiger partial charge in [0, 0.05) is 44.3 Å². The number of amides is 1. The lowest BCUT2D eigenvalue weighted by atomic mass is 10.1. The molecule has 38 heavy (non-hydrogen) atoms. The van der Waals surface area contributed by atoms with Crippen LogP contribution in [0, 0.1) is 15.9 Å². The lowest BCUT2D eigenvalue weighted by molar-refractivity contribution is -0.757. The van der Waals surface area contributed by atoms with Gasteiger partial charge in [-0.3, -0.25) is 4.79 Å². The summed E-state index contributed by atoms with van der Waals surface area (Å²) in [5, 5.41) is 9.31. The molecule has 13 heteroatoms. The normalized spacial score (nSPS) is 13.9. The summed E-state index contributed by atoms with van der Waals surface area (Å²) in [7, 11) is 0. The molecule has 3 rings (SSSR count). The Kier molecular flexibility index (Phi) is 9.13. The van der Waals surface area contributed by atoms with E-state index in [1.54, 1.807) is 36.3 Å². The van der Waals surface area contributed by atoms with E-state index in [0.29, 0.717) is 56.8 Å². The van der Waals surface area contributed by atoms with E-state index in [9.17, 15) is 24.5 Å². The number of piperazine rings is 1. The van der Waals surface area contributed by atoms with Gasteiger partial charge in [0.2, 0.25) is 5.43 Å². The molecule has 1 saturated heterocycles. The third-order valence-corrected chi connectivity index (χ3v) is 5.95. The molecule has 208 valence electrons. The van der Waals surface area contributed by atoms with Crippen LogP contribution in [0.4, 0.5) is 14.9 Å². The Bertz CT molecular complexity index is 1250. The van der Waals surface area contributed by atoms with Crippen molar-refractivity contribution in [3.63, 3.8) is 0 Å².